The largest absolute Gasteiger partial charge is 0.460 e. The second kappa shape index (κ2) is 7.87. The average molecular weight is 345 g/mol. The Morgan fingerprint density at radius 3 is 2.23 bits per heavy atom. The summed E-state index contributed by atoms with van der Waals surface area (Å²) in [4.78, 5) is 12.9. The molecule has 26 heavy (non-hydrogen) atoms. The zero-order valence-electron chi connectivity index (χ0n) is 15.3. The van der Waals surface area contributed by atoms with Crippen molar-refractivity contribution in [1.82, 2.24) is 0 Å². The van der Waals surface area contributed by atoms with Gasteiger partial charge < -0.3 is 9.73 Å². The van der Waals surface area contributed by atoms with E-state index in [1.807, 2.05) is 73.7 Å². The summed E-state index contributed by atoms with van der Waals surface area (Å²) < 4.78 is 6.01. The van der Waals surface area contributed by atoms with Crippen LogP contribution in [0.3, 0.4) is 0 Å². The summed E-state index contributed by atoms with van der Waals surface area (Å²) in [5.41, 5.74) is 3.11. The molecule has 132 valence electrons. The van der Waals surface area contributed by atoms with E-state index in [2.05, 4.69) is 25.2 Å². The van der Waals surface area contributed by atoms with Crippen molar-refractivity contribution >= 4 is 17.7 Å². The van der Waals surface area contributed by atoms with Crippen molar-refractivity contribution in [2.24, 2.45) is 5.92 Å². The van der Waals surface area contributed by atoms with E-state index in [-0.39, 0.29) is 5.91 Å². The summed E-state index contributed by atoms with van der Waals surface area (Å²) >= 11 is 0. The normalized spacial score (nSPS) is 11.2. The first-order chi connectivity index (χ1) is 12.6. The quantitative estimate of drug-likeness (QED) is 0.600. The van der Waals surface area contributed by atoms with Crippen LogP contribution in [0.4, 0.5) is 5.69 Å². The number of furan rings is 1. The fraction of sp³-hybridized carbons (Fsp3) is 0.174. The molecular formula is C23H23NO2. The minimum Gasteiger partial charge on any atom is -0.460 e. The van der Waals surface area contributed by atoms with Crippen molar-refractivity contribution < 1.29 is 9.21 Å². The number of para-hydroxylation sites is 1. The lowest BCUT2D eigenvalue weighted by Gasteiger charge is -2.06. The zero-order valence-corrected chi connectivity index (χ0v) is 15.3. The molecule has 1 N–H and O–H groups in total. The molecule has 1 aromatic heterocycles. The third-order valence-corrected chi connectivity index (χ3v) is 4.06. The first-order valence-electron chi connectivity index (χ1n) is 8.79. The average Bonchev–Trinajstić information content (AvgIpc) is 2.98. The third kappa shape index (κ3) is 3.94. The van der Waals surface area contributed by atoms with Gasteiger partial charge in [0.15, 0.2) is 0 Å². The topological polar surface area (TPSA) is 42.2 Å². The molecule has 0 spiro atoms. The van der Waals surface area contributed by atoms with Crippen molar-refractivity contribution in [2.45, 2.75) is 20.8 Å². The Labute approximate surface area is 154 Å². The maximum atomic E-state index is 12.9. The van der Waals surface area contributed by atoms with Gasteiger partial charge in [0.2, 0.25) is 0 Å². The summed E-state index contributed by atoms with van der Waals surface area (Å²) in [5.74, 6) is 1.54. The van der Waals surface area contributed by atoms with Gasteiger partial charge in [0.05, 0.1) is 5.56 Å². The number of carbonyl (C=O) groups excluding carboxylic acids is 1. The Bertz CT molecular complexity index is 906. The molecule has 1 heterocycles. The van der Waals surface area contributed by atoms with E-state index < -0.39 is 0 Å². The van der Waals surface area contributed by atoms with E-state index >= 15 is 0 Å². The van der Waals surface area contributed by atoms with Gasteiger partial charge in [-0.25, -0.2) is 0 Å². The van der Waals surface area contributed by atoms with Gasteiger partial charge in [-0.2, -0.15) is 0 Å². The lowest BCUT2D eigenvalue weighted by molar-refractivity contribution is 0.102. The first kappa shape index (κ1) is 17.7. The third-order valence-electron chi connectivity index (χ3n) is 4.06. The predicted octanol–water partition coefficient (Wildman–Crippen LogP) is 6.18. The number of hydrogen-bond donors (Lipinski definition) is 1. The summed E-state index contributed by atoms with van der Waals surface area (Å²) in [6.45, 7) is 6.05. The van der Waals surface area contributed by atoms with Crippen LogP contribution < -0.4 is 5.32 Å². The standard InChI is InChI=1S/C23H23NO2/c1-16(2)14-15-20-21(23(25)24-19-12-8-5-9-13-19)17(3)26-22(20)18-10-6-4-7-11-18/h4-16H,1-3H3,(H,24,25)/b15-14+. The fourth-order valence-electron chi connectivity index (χ4n) is 2.81. The highest BCUT2D eigenvalue weighted by Crippen LogP contribution is 2.33. The predicted molar refractivity (Wildman–Crippen MR) is 107 cm³/mol. The van der Waals surface area contributed by atoms with Crippen LogP contribution in [-0.4, -0.2) is 5.91 Å². The van der Waals surface area contributed by atoms with Gasteiger partial charge >= 0.3 is 0 Å². The smallest absolute Gasteiger partial charge is 0.259 e. The molecule has 0 saturated heterocycles. The number of hydrogen-bond acceptors (Lipinski definition) is 2. The van der Waals surface area contributed by atoms with Crippen LogP contribution in [0.5, 0.6) is 0 Å². The molecule has 0 bridgehead atoms. The minimum absolute atomic E-state index is 0.164. The molecule has 3 aromatic rings. The molecule has 1 amide bonds. The highest BCUT2D eigenvalue weighted by atomic mass is 16.3. The molecule has 3 heteroatoms. The number of nitrogens with one attached hydrogen (secondary N) is 1. The number of anilines is 1. The van der Waals surface area contributed by atoms with Gasteiger partial charge in [-0.1, -0.05) is 74.5 Å². The lowest BCUT2D eigenvalue weighted by atomic mass is 10.0. The molecule has 3 rings (SSSR count). The molecule has 0 fully saturated rings. The minimum atomic E-state index is -0.164. The van der Waals surface area contributed by atoms with Crippen LogP contribution in [0.15, 0.2) is 71.2 Å². The van der Waals surface area contributed by atoms with E-state index in [4.69, 9.17) is 4.42 Å². The number of rotatable bonds is 5. The van der Waals surface area contributed by atoms with E-state index in [1.54, 1.807) is 0 Å². The maximum Gasteiger partial charge on any atom is 0.259 e. The van der Waals surface area contributed by atoms with Crippen molar-refractivity contribution in [2.75, 3.05) is 5.32 Å². The SMILES string of the molecule is Cc1oc(-c2ccccc2)c(/C=C/C(C)C)c1C(=O)Nc1ccccc1. The van der Waals surface area contributed by atoms with Crippen LogP contribution >= 0.6 is 0 Å². The van der Waals surface area contributed by atoms with Gasteiger partial charge in [-0.15, -0.1) is 0 Å². The second-order valence-electron chi connectivity index (χ2n) is 6.57. The molecule has 0 aliphatic heterocycles. The Morgan fingerprint density at radius 2 is 1.62 bits per heavy atom. The Hall–Kier alpha value is -3.07. The molecule has 2 aromatic carbocycles. The van der Waals surface area contributed by atoms with Crippen molar-refractivity contribution in [3.05, 3.63) is 83.6 Å². The molecule has 0 atom stereocenters. The van der Waals surface area contributed by atoms with E-state index in [0.717, 1.165) is 22.6 Å². The number of benzene rings is 2. The van der Waals surface area contributed by atoms with Crippen LogP contribution in [0.1, 0.15) is 35.5 Å². The van der Waals surface area contributed by atoms with Crippen LogP contribution in [0, 0.1) is 12.8 Å². The van der Waals surface area contributed by atoms with Crippen molar-refractivity contribution in [1.29, 1.82) is 0 Å². The van der Waals surface area contributed by atoms with E-state index in [0.29, 0.717) is 17.2 Å². The summed E-state index contributed by atoms with van der Waals surface area (Å²) in [7, 11) is 0. The molecule has 0 aliphatic rings. The fourth-order valence-corrected chi connectivity index (χ4v) is 2.81. The molecule has 0 radical (unpaired) electrons. The van der Waals surface area contributed by atoms with Crippen LogP contribution in [0.25, 0.3) is 17.4 Å². The van der Waals surface area contributed by atoms with Gasteiger partial charge in [0, 0.05) is 16.8 Å². The van der Waals surface area contributed by atoms with E-state index in [1.165, 1.54) is 0 Å². The molecule has 0 unspecified atom stereocenters. The molecular weight excluding hydrogens is 322 g/mol. The second-order valence-corrected chi connectivity index (χ2v) is 6.57. The molecule has 3 nitrogen and oxygen atoms in total. The molecule has 0 aliphatic carbocycles. The van der Waals surface area contributed by atoms with Gasteiger partial charge in [0.1, 0.15) is 11.5 Å². The monoisotopic (exact) mass is 345 g/mol. The summed E-state index contributed by atoms with van der Waals surface area (Å²) in [6, 6.07) is 19.3. The first-order valence-corrected chi connectivity index (χ1v) is 8.79. The Morgan fingerprint density at radius 1 is 1.00 bits per heavy atom. The number of allylic oxidation sites excluding steroid dienone is 1. The number of aryl methyl sites for hydroxylation is 1. The van der Waals surface area contributed by atoms with Crippen molar-refractivity contribution in [3.8, 4) is 11.3 Å². The lowest BCUT2D eigenvalue weighted by Crippen LogP contribution is -2.13. The molecule has 0 saturated carbocycles. The maximum absolute atomic E-state index is 12.9. The van der Waals surface area contributed by atoms with Gasteiger partial charge in [-0.3, -0.25) is 4.79 Å². The van der Waals surface area contributed by atoms with Crippen molar-refractivity contribution in [3.63, 3.8) is 0 Å². The van der Waals surface area contributed by atoms with Gasteiger partial charge in [-0.05, 0) is 25.0 Å². The Balaban J connectivity index is 2.06. The van der Waals surface area contributed by atoms with Gasteiger partial charge in [0.25, 0.3) is 5.91 Å². The van der Waals surface area contributed by atoms with Crippen LogP contribution in [-0.2, 0) is 0 Å². The number of carbonyl (C=O) groups is 1. The summed E-state index contributed by atoms with van der Waals surface area (Å²) in [5, 5.41) is 2.96. The summed E-state index contributed by atoms with van der Waals surface area (Å²) in [6.07, 6.45) is 4.07. The van der Waals surface area contributed by atoms with Crippen LogP contribution in [0.2, 0.25) is 0 Å². The highest BCUT2D eigenvalue weighted by molar-refractivity contribution is 6.08. The highest BCUT2D eigenvalue weighted by Gasteiger charge is 2.23. The zero-order chi connectivity index (χ0) is 18.5. The van der Waals surface area contributed by atoms with E-state index in [9.17, 15) is 4.79 Å². The Kier molecular flexibility index (Phi) is 5.37. The number of amides is 1.